The van der Waals surface area contributed by atoms with Gasteiger partial charge >= 0.3 is 7.82 Å². The molecule has 0 atom stereocenters. The van der Waals surface area contributed by atoms with E-state index in [1.165, 1.54) is 51.4 Å². The van der Waals surface area contributed by atoms with E-state index in [1.54, 1.807) is 0 Å². The summed E-state index contributed by atoms with van der Waals surface area (Å²) in [6.07, 6.45) is 14.3. The van der Waals surface area contributed by atoms with Crippen LogP contribution in [0.4, 0.5) is 0 Å². The van der Waals surface area contributed by atoms with E-state index in [1.807, 2.05) is 12.2 Å². The first-order valence-corrected chi connectivity index (χ1v) is 8.39. The highest BCUT2D eigenvalue weighted by atomic mass is 31.2. The second-order valence-electron chi connectivity index (χ2n) is 4.08. The minimum absolute atomic E-state index is 1.19. The molecule has 3 N–H and O–H groups in total. The molecule has 116 valence electrons. The van der Waals surface area contributed by atoms with Gasteiger partial charge in [0.2, 0.25) is 0 Å². The Morgan fingerprint density at radius 3 is 1.26 bits per heavy atom. The van der Waals surface area contributed by atoms with Crippen LogP contribution in [-0.4, -0.2) is 14.7 Å². The maximum Gasteiger partial charge on any atom is 0.466 e. The predicted molar refractivity (Wildman–Crippen MR) is 82.9 cm³/mol. The zero-order valence-corrected chi connectivity index (χ0v) is 13.3. The summed E-state index contributed by atoms with van der Waals surface area (Å²) in [4.78, 5) is 21.6. The number of unbranched alkanes of at least 4 members (excludes halogenated alkanes) is 6. The molecule has 0 aliphatic carbocycles. The van der Waals surface area contributed by atoms with Gasteiger partial charge < -0.3 is 14.7 Å². The van der Waals surface area contributed by atoms with Crippen molar-refractivity contribution in [3.63, 3.8) is 0 Å². The Hall–Kier alpha value is -0.410. The van der Waals surface area contributed by atoms with Gasteiger partial charge in [-0.3, -0.25) is 0 Å². The molecule has 0 saturated carbocycles. The molecule has 0 aromatic heterocycles. The van der Waals surface area contributed by atoms with Crippen LogP contribution in [0.2, 0.25) is 0 Å². The zero-order valence-electron chi connectivity index (χ0n) is 12.4. The number of phosphoric acid groups is 1. The van der Waals surface area contributed by atoms with Crippen molar-refractivity contribution < 1.29 is 19.2 Å². The van der Waals surface area contributed by atoms with Gasteiger partial charge in [-0.1, -0.05) is 51.7 Å². The van der Waals surface area contributed by atoms with E-state index in [-0.39, 0.29) is 0 Å². The highest BCUT2D eigenvalue weighted by Crippen LogP contribution is 2.25. The monoisotopic (exact) mass is 294 g/mol. The number of hydrogen-bond acceptors (Lipinski definition) is 1. The van der Waals surface area contributed by atoms with Crippen molar-refractivity contribution in [3.05, 3.63) is 25.3 Å². The Labute approximate surface area is 118 Å². The molecule has 0 fully saturated rings. The molecule has 4 nitrogen and oxygen atoms in total. The molecule has 0 spiro atoms. The SMILES string of the molecule is C=CCCCCC.C=CCCCCC.O=P(O)(O)O. The minimum Gasteiger partial charge on any atom is -0.303 e. The van der Waals surface area contributed by atoms with Crippen LogP contribution in [0.5, 0.6) is 0 Å². The Balaban J connectivity index is -0.000000206. The molecule has 0 rings (SSSR count). The smallest absolute Gasteiger partial charge is 0.303 e. The molecule has 0 amide bonds. The molecule has 0 radical (unpaired) electrons. The van der Waals surface area contributed by atoms with E-state index in [0.717, 1.165) is 0 Å². The van der Waals surface area contributed by atoms with E-state index in [4.69, 9.17) is 19.2 Å². The molecule has 0 aromatic carbocycles. The van der Waals surface area contributed by atoms with Crippen LogP contribution in [0.3, 0.4) is 0 Å². The van der Waals surface area contributed by atoms with Gasteiger partial charge in [-0.2, -0.15) is 0 Å². The quantitative estimate of drug-likeness (QED) is 0.348. The minimum atomic E-state index is -4.64. The van der Waals surface area contributed by atoms with Crippen LogP contribution < -0.4 is 0 Å². The van der Waals surface area contributed by atoms with Crippen molar-refractivity contribution in [2.75, 3.05) is 0 Å². The molecular weight excluding hydrogens is 263 g/mol. The van der Waals surface area contributed by atoms with Gasteiger partial charge in [0.1, 0.15) is 0 Å². The summed E-state index contributed by atoms with van der Waals surface area (Å²) in [5.41, 5.74) is 0. The third-order valence-electron chi connectivity index (χ3n) is 2.02. The van der Waals surface area contributed by atoms with E-state index in [0.29, 0.717) is 0 Å². The van der Waals surface area contributed by atoms with Gasteiger partial charge in [-0.15, -0.1) is 13.2 Å². The van der Waals surface area contributed by atoms with Crippen LogP contribution in [0.25, 0.3) is 0 Å². The lowest BCUT2D eigenvalue weighted by atomic mass is 10.2. The molecular formula is C14H31O4P. The highest BCUT2D eigenvalue weighted by molar-refractivity contribution is 7.45. The van der Waals surface area contributed by atoms with Crippen molar-refractivity contribution >= 4 is 7.82 Å². The number of rotatable bonds is 8. The maximum absolute atomic E-state index is 8.88. The lowest BCUT2D eigenvalue weighted by molar-refractivity contribution is 0.275. The normalized spacial score (nSPS) is 9.53. The average molecular weight is 294 g/mol. The van der Waals surface area contributed by atoms with Crippen LogP contribution in [-0.2, 0) is 4.57 Å². The third kappa shape index (κ3) is 74.2. The molecule has 0 aliphatic rings. The van der Waals surface area contributed by atoms with Crippen LogP contribution >= 0.6 is 7.82 Å². The van der Waals surface area contributed by atoms with Gasteiger partial charge in [0.15, 0.2) is 0 Å². The molecule has 0 unspecified atom stereocenters. The number of hydrogen-bond donors (Lipinski definition) is 3. The van der Waals surface area contributed by atoms with Gasteiger partial charge in [0, 0.05) is 0 Å². The van der Waals surface area contributed by atoms with Crippen molar-refractivity contribution in [2.24, 2.45) is 0 Å². The average Bonchev–Trinajstić information content (AvgIpc) is 2.29. The fraction of sp³-hybridized carbons (Fsp3) is 0.714. The van der Waals surface area contributed by atoms with E-state index in [9.17, 15) is 0 Å². The summed E-state index contributed by atoms with van der Waals surface area (Å²) >= 11 is 0. The molecule has 0 aliphatic heterocycles. The van der Waals surface area contributed by atoms with Gasteiger partial charge in [0.25, 0.3) is 0 Å². The van der Waals surface area contributed by atoms with Crippen molar-refractivity contribution in [2.45, 2.75) is 65.2 Å². The fourth-order valence-electron chi connectivity index (χ4n) is 1.08. The lowest BCUT2D eigenvalue weighted by Gasteiger charge is -1.87. The molecule has 0 heterocycles. The second kappa shape index (κ2) is 19.9. The zero-order chi connectivity index (χ0) is 15.6. The summed E-state index contributed by atoms with van der Waals surface area (Å²) in [6, 6.07) is 0. The Morgan fingerprint density at radius 1 is 0.842 bits per heavy atom. The fourth-order valence-corrected chi connectivity index (χ4v) is 1.08. The first-order valence-electron chi connectivity index (χ1n) is 6.83. The van der Waals surface area contributed by atoms with E-state index >= 15 is 0 Å². The summed E-state index contributed by atoms with van der Waals surface area (Å²) in [7, 11) is -4.64. The summed E-state index contributed by atoms with van der Waals surface area (Å²) in [6.45, 7) is 11.7. The maximum atomic E-state index is 8.88. The summed E-state index contributed by atoms with van der Waals surface area (Å²) in [5, 5.41) is 0. The van der Waals surface area contributed by atoms with Crippen molar-refractivity contribution in [3.8, 4) is 0 Å². The Bertz CT molecular complexity index is 201. The van der Waals surface area contributed by atoms with Crippen LogP contribution in [0.15, 0.2) is 25.3 Å². The van der Waals surface area contributed by atoms with E-state index in [2.05, 4.69) is 27.0 Å². The molecule has 19 heavy (non-hydrogen) atoms. The van der Waals surface area contributed by atoms with Crippen LogP contribution in [0, 0.1) is 0 Å². The summed E-state index contributed by atoms with van der Waals surface area (Å²) in [5.74, 6) is 0. The first kappa shape index (κ1) is 23.7. The Kier molecular flexibility index (Phi) is 24.8. The molecule has 0 saturated heterocycles. The standard InChI is InChI=1S/2C7H14.H3O4P/c2*1-3-5-7-6-4-2;1-5(2,3)4/h2*3H,1,4-7H2,2H3;(H3,1,2,3,4). The Morgan fingerprint density at radius 2 is 1.11 bits per heavy atom. The highest BCUT2D eigenvalue weighted by Gasteiger charge is 2.00. The lowest BCUT2D eigenvalue weighted by Crippen LogP contribution is -1.67. The van der Waals surface area contributed by atoms with Crippen molar-refractivity contribution in [1.29, 1.82) is 0 Å². The van der Waals surface area contributed by atoms with Gasteiger partial charge in [-0.25, -0.2) is 4.57 Å². The van der Waals surface area contributed by atoms with E-state index < -0.39 is 7.82 Å². The van der Waals surface area contributed by atoms with Gasteiger partial charge in [-0.05, 0) is 25.7 Å². The molecule has 0 aromatic rings. The topological polar surface area (TPSA) is 77.8 Å². The van der Waals surface area contributed by atoms with Crippen molar-refractivity contribution in [1.82, 2.24) is 0 Å². The summed E-state index contributed by atoms with van der Waals surface area (Å²) < 4.78 is 8.88. The second-order valence-corrected chi connectivity index (χ2v) is 5.11. The van der Waals surface area contributed by atoms with Crippen LogP contribution in [0.1, 0.15) is 65.2 Å². The largest absolute Gasteiger partial charge is 0.466 e. The van der Waals surface area contributed by atoms with Gasteiger partial charge in [0.05, 0.1) is 0 Å². The first-order chi connectivity index (χ1) is 8.83. The predicted octanol–water partition coefficient (Wildman–Crippen LogP) is 4.58. The number of allylic oxidation sites excluding steroid dienone is 2. The molecule has 5 heteroatoms. The third-order valence-corrected chi connectivity index (χ3v) is 2.02. The molecule has 0 bridgehead atoms.